The van der Waals surface area contributed by atoms with Gasteiger partial charge in [0.05, 0.1) is 34.0 Å². The fourth-order valence-corrected chi connectivity index (χ4v) is 4.58. The van der Waals surface area contributed by atoms with Crippen molar-refractivity contribution in [2.75, 3.05) is 25.4 Å². The molecule has 1 aromatic heterocycles. The highest BCUT2D eigenvalue weighted by molar-refractivity contribution is 7.99. The molecule has 0 bridgehead atoms. The molecule has 2 rings (SSSR count). The van der Waals surface area contributed by atoms with E-state index >= 15 is 0 Å². The lowest BCUT2D eigenvalue weighted by molar-refractivity contribution is -0.139. The van der Waals surface area contributed by atoms with Gasteiger partial charge in [-0.25, -0.2) is 13.4 Å². The molecular weight excluding hydrogens is 362 g/mol. The monoisotopic (exact) mass is 385 g/mol. The van der Waals surface area contributed by atoms with E-state index in [0.29, 0.717) is 42.3 Å². The Hall–Kier alpha value is -1.58. The molecule has 1 N–H and O–H groups in total. The van der Waals surface area contributed by atoms with Crippen molar-refractivity contribution >= 4 is 38.8 Å². The summed E-state index contributed by atoms with van der Waals surface area (Å²) in [4.78, 5) is 19.1. The van der Waals surface area contributed by atoms with Crippen LogP contribution < -0.4 is 0 Å². The number of ether oxygens (including phenoxy) is 1. The van der Waals surface area contributed by atoms with Crippen LogP contribution in [0.1, 0.15) is 26.6 Å². The number of aromatic amines is 1. The second-order valence-electron chi connectivity index (χ2n) is 5.25. The van der Waals surface area contributed by atoms with E-state index in [2.05, 4.69) is 9.97 Å². The fraction of sp³-hybridized carbons (Fsp3) is 0.500. The van der Waals surface area contributed by atoms with Gasteiger partial charge in [0.1, 0.15) is 5.82 Å². The number of rotatable bonds is 9. The summed E-state index contributed by atoms with van der Waals surface area (Å²) in [5.41, 5.74) is 1.37. The zero-order chi connectivity index (χ0) is 18.4. The second kappa shape index (κ2) is 8.68. The Morgan fingerprint density at radius 1 is 1.28 bits per heavy atom. The molecule has 9 heteroatoms. The Labute approximate surface area is 152 Å². The van der Waals surface area contributed by atoms with Crippen molar-refractivity contribution in [2.45, 2.75) is 31.4 Å². The smallest absolute Gasteiger partial charge is 0.315 e. The van der Waals surface area contributed by atoms with E-state index in [1.54, 1.807) is 25.1 Å². The molecule has 1 aromatic carbocycles. The van der Waals surface area contributed by atoms with Gasteiger partial charge in [0.15, 0.2) is 0 Å². The van der Waals surface area contributed by atoms with Crippen molar-refractivity contribution in [2.24, 2.45) is 0 Å². The molecule has 0 amide bonds. The lowest BCUT2D eigenvalue weighted by Crippen LogP contribution is -2.30. The molecule has 2 aromatic rings. The van der Waals surface area contributed by atoms with Gasteiger partial charge in [0.25, 0.3) is 0 Å². The topological polar surface area (TPSA) is 92.4 Å². The average molecular weight is 386 g/mol. The number of H-pyrrole nitrogens is 1. The van der Waals surface area contributed by atoms with Crippen molar-refractivity contribution in [3.63, 3.8) is 0 Å². The molecule has 0 aliphatic carbocycles. The summed E-state index contributed by atoms with van der Waals surface area (Å²) >= 11 is 1.40. The highest BCUT2D eigenvalue weighted by Gasteiger charge is 2.22. The number of thioether (sulfide) groups is 1. The van der Waals surface area contributed by atoms with Crippen LogP contribution in [-0.2, 0) is 25.3 Å². The summed E-state index contributed by atoms with van der Waals surface area (Å²) in [7, 11) is -3.50. The van der Waals surface area contributed by atoms with Gasteiger partial charge < -0.3 is 9.72 Å². The lowest BCUT2D eigenvalue weighted by atomic mass is 10.3. The average Bonchev–Trinajstić information content (AvgIpc) is 2.97. The van der Waals surface area contributed by atoms with Gasteiger partial charge in [-0.2, -0.15) is 4.31 Å². The normalized spacial score (nSPS) is 12.0. The van der Waals surface area contributed by atoms with Gasteiger partial charge in [-0.05, 0) is 25.1 Å². The maximum absolute atomic E-state index is 12.6. The maximum atomic E-state index is 12.6. The number of fused-ring (bicyclic) bond motifs is 1. The number of carbonyl (C=O) groups excluding carboxylic acids is 1. The highest BCUT2D eigenvalue weighted by Crippen LogP contribution is 2.22. The van der Waals surface area contributed by atoms with Crippen LogP contribution in [0, 0.1) is 0 Å². The van der Waals surface area contributed by atoms with Crippen molar-refractivity contribution in [1.29, 1.82) is 0 Å². The minimum Gasteiger partial charge on any atom is -0.465 e. The van der Waals surface area contributed by atoms with Gasteiger partial charge in [0.2, 0.25) is 10.0 Å². The minimum atomic E-state index is -3.50. The fourth-order valence-electron chi connectivity index (χ4n) is 2.42. The molecule has 25 heavy (non-hydrogen) atoms. The van der Waals surface area contributed by atoms with Gasteiger partial charge in [0, 0.05) is 13.1 Å². The third kappa shape index (κ3) is 4.74. The number of nitrogens with zero attached hydrogens (tertiary/aromatic N) is 2. The number of benzene rings is 1. The summed E-state index contributed by atoms with van der Waals surface area (Å²) in [5, 5.41) is 0. The maximum Gasteiger partial charge on any atom is 0.315 e. The predicted molar refractivity (Wildman–Crippen MR) is 99.0 cm³/mol. The van der Waals surface area contributed by atoms with E-state index in [9.17, 15) is 13.2 Å². The van der Waals surface area contributed by atoms with E-state index in [-0.39, 0.29) is 16.6 Å². The molecule has 7 nitrogen and oxygen atoms in total. The molecule has 0 saturated heterocycles. The van der Waals surface area contributed by atoms with Crippen molar-refractivity contribution < 1.29 is 17.9 Å². The van der Waals surface area contributed by atoms with Crippen LogP contribution >= 0.6 is 11.8 Å². The SMILES string of the molecule is CCOC(=O)CSCc1nc2ccc(S(=O)(=O)N(CC)CC)cc2[nH]1. The lowest BCUT2D eigenvalue weighted by Gasteiger charge is -2.18. The zero-order valence-corrected chi connectivity index (χ0v) is 16.2. The summed E-state index contributed by atoms with van der Waals surface area (Å²) in [6.07, 6.45) is 0. The summed E-state index contributed by atoms with van der Waals surface area (Å²) in [6, 6.07) is 4.88. The first kappa shape index (κ1) is 19.7. The van der Waals surface area contributed by atoms with Crippen LogP contribution in [0.15, 0.2) is 23.1 Å². The van der Waals surface area contributed by atoms with Crippen LogP contribution in [-0.4, -0.2) is 54.1 Å². The second-order valence-corrected chi connectivity index (χ2v) is 8.17. The number of sulfonamides is 1. The number of hydrogen-bond acceptors (Lipinski definition) is 6. The van der Waals surface area contributed by atoms with E-state index in [1.165, 1.54) is 16.1 Å². The van der Waals surface area contributed by atoms with E-state index in [0.717, 1.165) is 0 Å². The number of aromatic nitrogens is 2. The zero-order valence-electron chi connectivity index (χ0n) is 14.6. The molecule has 0 aliphatic rings. The predicted octanol–water partition coefficient (Wildman–Crippen LogP) is 2.39. The van der Waals surface area contributed by atoms with Crippen molar-refractivity contribution in [3.05, 3.63) is 24.0 Å². The van der Waals surface area contributed by atoms with Gasteiger partial charge in [-0.1, -0.05) is 13.8 Å². The van der Waals surface area contributed by atoms with Crippen LogP contribution in [0.3, 0.4) is 0 Å². The first-order valence-corrected chi connectivity index (χ1v) is 10.7. The molecular formula is C16H23N3O4S2. The summed E-state index contributed by atoms with van der Waals surface area (Å²) in [6.45, 7) is 6.62. The Morgan fingerprint density at radius 2 is 2.00 bits per heavy atom. The number of esters is 1. The van der Waals surface area contributed by atoms with Gasteiger partial charge in [-0.3, -0.25) is 4.79 Å². The molecule has 0 saturated carbocycles. The van der Waals surface area contributed by atoms with E-state index < -0.39 is 10.0 Å². The molecule has 0 unspecified atom stereocenters. The molecule has 0 radical (unpaired) electrons. The van der Waals surface area contributed by atoms with E-state index in [4.69, 9.17) is 4.74 Å². The Kier molecular flexibility index (Phi) is 6.86. The first-order chi connectivity index (χ1) is 11.9. The number of carbonyl (C=O) groups is 1. The molecule has 0 atom stereocenters. The van der Waals surface area contributed by atoms with Crippen LogP contribution in [0.25, 0.3) is 11.0 Å². The van der Waals surface area contributed by atoms with Crippen molar-refractivity contribution in [3.8, 4) is 0 Å². The molecule has 1 heterocycles. The number of nitrogens with one attached hydrogen (secondary N) is 1. The Balaban J connectivity index is 2.15. The summed E-state index contributed by atoms with van der Waals surface area (Å²) in [5.74, 6) is 1.22. The van der Waals surface area contributed by atoms with E-state index in [1.807, 2.05) is 13.8 Å². The number of hydrogen-bond donors (Lipinski definition) is 1. The van der Waals surface area contributed by atoms with Crippen LogP contribution in [0.2, 0.25) is 0 Å². The molecule has 0 fully saturated rings. The molecule has 0 spiro atoms. The Bertz CT molecular complexity index is 829. The van der Waals surface area contributed by atoms with Gasteiger partial charge >= 0.3 is 5.97 Å². The van der Waals surface area contributed by atoms with Gasteiger partial charge in [-0.15, -0.1) is 11.8 Å². The third-order valence-corrected chi connectivity index (χ3v) is 6.57. The Morgan fingerprint density at radius 3 is 2.64 bits per heavy atom. The standard InChI is InChI=1S/C16H23N3O4S2/c1-4-19(5-2)25(21,22)12-7-8-13-14(9-12)18-15(17-13)10-24-11-16(20)23-6-3/h7-9H,4-6,10-11H2,1-3H3,(H,17,18). The van der Waals surface area contributed by atoms with Crippen LogP contribution in [0.4, 0.5) is 0 Å². The third-order valence-electron chi connectivity index (χ3n) is 3.61. The quantitative estimate of drug-likeness (QED) is 0.666. The summed E-state index contributed by atoms with van der Waals surface area (Å²) < 4.78 is 31.5. The van der Waals surface area contributed by atoms with Crippen molar-refractivity contribution in [1.82, 2.24) is 14.3 Å². The molecule has 0 aliphatic heterocycles. The highest BCUT2D eigenvalue weighted by atomic mass is 32.2. The minimum absolute atomic E-state index is 0.248. The number of imidazole rings is 1. The largest absolute Gasteiger partial charge is 0.465 e. The molecule has 138 valence electrons. The first-order valence-electron chi connectivity index (χ1n) is 8.14. The van der Waals surface area contributed by atoms with Crippen LogP contribution in [0.5, 0.6) is 0 Å².